The predicted octanol–water partition coefficient (Wildman–Crippen LogP) is 5.82. The van der Waals surface area contributed by atoms with Crippen LogP contribution in [0.3, 0.4) is 0 Å². The van der Waals surface area contributed by atoms with Gasteiger partial charge >= 0.3 is 18.1 Å². The molecule has 2 fully saturated rings. The lowest BCUT2D eigenvalue weighted by atomic mass is 9.84. The minimum atomic E-state index is -1.66. The second-order valence-electron chi connectivity index (χ2n) is 22.8. The van der Waals surface area contributed by atoms with E-state index in [1.54, 1.807) is 49.4 Å². The number of likely N-dealkylation sites (N-methyl/N-ethyl adjacent to an activating group) is 1. The first-order valence-corrected chi connectivity index (χ1v) is 30.2. The number of amides is 10. The number of fused-ring (bicyclic) bond motifs is 6. The molecule has 3 aromatic rings. The summed E-state index contributed by atoms with van der Waals surface area (Å²) in [5, 5.41) is 34.2. The Hall–Kier alpha value is -8.46. The van der Waals surface area contributed by atoms with Crippen molar-refractivity contribution in [3.05, 3.63) is 94.6 Å². The van der Waals surface area contributed by atoms with Crippen molar-refractivity contribution in [3.8, 4) is 5.75 Å². The number of alkyl carbamates (subject to hydrolysis) is 1. The topological polar surface area (TPSA) is 360 Å². The van der Waals surface area contributed by atoms with Crippen molar-refractivity contribution in [2.24, 2.45) is 11.7 Å². The van der Waals surface area contributed by atoms with Gasteiger partial charge in [-0.1, -0.05) is 69.0 Å². The van der Waals surface area contributed by atoms with Gasteiger partial charge in [0.1, 0.15) is 40.9 Å². The van der Waals surface area contributed by atoms with E-state index in [4.69, 9.17) is 36.3 Å². The van der Waals surface area contributed by atoms with Crippen LogP contribution in [0.1, 0.15) is 122 Å². The minimum absolute atomic E-state index is 0.104. The van der Waals surface area contributed by atoms with Crippen molar-refractivity contribution >= 4 is 93.5 Å². The van der Waals surface area contributed by atoms with E-state index in [1.807, 2.05) is 39.0 Å². The molecule has 4 aliphatic rings. The first kappa shape index (κ1) is 72.3. The number of nitrogens with zero attached hydrogens (tertiary/aromatic N) is 4. The van der Waals surface area contributed by atoms with Gasteiger partial charge in [0, 0.05) is 82.6 Å². The van der Waals surface area contributed by atoms with Gasteiger partial charge in [0.25, 0.3) is 17.7 Å². The van der Waals surface area contributed by atoms with Crippen LogP contribution in [0.5, 0.6) is 5.75 Å². The number of carbonyl (C=O) groups excluding carboxylic acids is 9. The first-order valence-electron chi connectivity index (χ1n) is 29.8. The number of methoxy groups -OCH3 is 2. The highest BCUT2D eigenvalue weighted by Crippen LogP contribution is 2.48. The number of aliphatic carboxylic acids is 1. The zero-order valence-corrected chi connectivity index (χ0v) is 53.4. The highest BCUT2D eigenvalue weighted by Gasteiger charge is 2.59. The highest BCUT2D eigenvalue weighted by atomic mass is 35.5. The lowest BCUT2D eigenvalue weighted by molar-refractivity contribution is -0.142. The van der Waals surface area contributed by atoms with Gasteiger partial charge in [-0.05, 0) is 107 Å². The first-order chi connectivity index (χ1) is 42.6. The predicted molar refractivity (Wildman–Crippen MR) is 335 cm³/mol. The van der Waals surface area contributed by atoms with Gasteiger partial charge in [0.2, 0.25) is 23.6 Å². The third-order valence-corrected chi connectivity index (χ3v) is 15.9. The van der Waals surface area contributed by atoms with E-state index in [-0.39, 0.29) is 98.8 Å². The Kier molecular flexibility index (Phi) is 26.8. The largest absolute Gasteiger partial charge is 0.495 e. The van der Waals surface area contributed by atoms with E-state index < -0.39 is 71.4 Å². The Morgan fingerprint density at radius 2 is 1.68 bits per heavy atom. The van der Waals surface area contributed by atoms with E-state index in [9.17, 15) is 58.2 Å². The second-order valence-corrected chi connectivity index (χ2v) is 23.1. The number of allylic oxidation sites excluding steroid dienone is 3. The summed E-state index contributed by atoms with van der Waals surface area (Å²) in [6.07, 6.45) is 10.3. The van der Waals surface area contributed by atoms with Gasteiger partial charge in [-0.15, -0.1) is 0 Å². The summed E-state index contributed by atoms with van der Waals surface area (Å²) in [7, 11) is 6.12. The molecule has 0 saturated carbocycles. The quantitative estimate of drug-likeness (QED) is 0.0375. The van der Waals surface area contributed by atoms with Crippen LogP contribution in [-0.2, 0) is 54.2 Å². The van der Waals surface area contributed by atoms with Crippen LogP contribution in [0.15, 0.2) is 78.4 Å². The van der Waals surface area contributed by atoms with Crippen molar-refractivity contribution in [2.45, 2.75) is 154 Å². The molecule has 4 bridgehead atoms. The summed E-state index contributed by atoms with van der Waals surface area (Å²) in [5.74, 6) is -3.63. The summed E-state index contributed by atoms with van der Waals surface area (Å²) < 4.78 is 22.7. The van der Waals surface area contributed by atoms with Crippen LogP contribution < -0.4 is 42.0 Å². The zero-order valence-electron chi connectivity index (χ0n) is 52.6. The number of rotatable bonds is 20. The average molecular weight is 1270 g/mol. The van der Waals surface area contributed by atoms with Crippen LogP contribution in [0.25, 0.3) is 10.9 Å². The number of hydrogen-bond donors (Lipinski definition) is 8. The van der Waals surface area contributed by atoms with Gasteiger partial charge < -0.3 is 66.0 Å². The number of primary amides is 1. The number of nitrogens with one attached hydrogen (secondary N) is 5. The molecular weight excluding hydrogens is 1190 g/mol. The van der Waals surface area contributed by atoms with Crippen molar-refractivity contribution in [1.82, 2.24) is 36.1 Å². The smallest absolute Gasteiger partial charge is 0.409 e. The van der Waals surface area contributed by atoms with Crippen LogP contribution in [0.2, 0.25) is 5.02 Å². The summed E-state index contributed by atoms with van der Waals surface area (Å²) in [4.78, 5) is 130. The van der Waals surface area contributed by atoms with Gasteiger partial charge in [-0.3, -0.25) is 43.8 Å². The van der Waals surface area contributed by atoms with E-state index in [2.05, 4.69) is 45.4 Å². The Bertz CT molecular complexity index is 3210. The zero-order chi connectivity index (χ0) is 66.6. The molecule has 0 spiro atoms. The Morgan fingerprint density at radius 1 is 0.978 bits per heavy atom. The number of ether oxygens (including phenoxy) is 4. The molecule has 4 aliphatic heterocycles. The number of aromatic nitrogens is 1. The molecule has 9 N–H and O–H groups in total. The number of urea groups is 1. The number of aliphatic hydroxyl groups is 1. The van der Waals surface area contributed by atoms with Crippen molar-refractivity contribution in [2.75, 3.05) is 58.2 Å². The Morgan fingerprint density at radius 3 is 2.33 bits per heavy atom. The van der Waals surface area contributed by atoms with Gasteiger partial charge in [-0.25, -0.2) is 19.4 Å². The van der Waals surface area contributed by atoms with Crippen molar-refractivity contribution in [1.29, 1.82) is 0 Å². The number of benzene rings is 2. The molecule has 1 aromatic heterocycles. The molecule has 7 rings (SSSR count). The number of epoxide rings is 1. The van der Waals surface area contributed by atoms with Crippen LogP contribution in [-0.4, -0.2) is 174 Å². The number of carboxylic acid groups (broad SMARTS) is 1. The fraction of sp³-hybridized carbons (Fsp3) is 0.508. The SMILES string of the molecule is CCC.COc1cc2cc(c1Cl)N(C)C(=O)CC[C@]1(C)O[C@H]1[C@H](C)C1C[C@@](O)(NC(=O)O1)[C@H](OC)/C=C/C=C(\C)C2.C[C@@H](C(=O)O)N(C)C(=O)c1ccc2nc(NC(=O)C(CCCNC(N)=O)NC(=O)CNC(=O)CCCCCN3C(=O)C=CC3=O)ccc2c1. The number of nitrogens with two attached hydrogens (primary N) is 1. The number of imide groups is 1. The monoisotopic (exact) mass is 1270 g/mol. The maximum atomic E-state index is 13.2. The maximum absolute atomic E-state index is 13.2. The normalized spacial score (nSPS) is 22.9. The molecule has 2 aromatic carbocycles. The molecule has 0 aliphatic carbocycles. The van der Waals surface area contributed by atoms with E-state index in [0.717, 1.165) is 20.9 Å². The van der Waals surface area contributed by atoms with E-state index in [1.165, 1.54) is 51.8 Å². The van der Waals surface area contributed by atoms with Crippen molar-refractivity contribution in [3.63, 3.8) is 0 Å². The standard InChI is InChI=1S/C32H40N8O9.C28H37ClN2O7.C3H8/c1-19(31(47)48)39(2)30(46)21-9-11-22-20(17-21)10-12-24(36-22)38-29(45)23(7-6-15-34-32(33)49)37-26(42)18-35-25(41)8-4-3-5-16-40-27(43)13-14-28(40)44;1-16-8-7-9-22(36-6)28(34)15-21(37-26(33)30-28)17(2)25-27(3,38-25)11-10-23(32)31(4)19-13-18(12-16)14-20(35-5)24(19)29;1-3-2/h9-14,17,19,23H,3-8,15-16,18H2,1-2H3,(H,35,41)(H,37,42)(H,47,48)(H3,33,34,49)(H,36,38,45);7-9,13-14,17,21-22,25,34H,10-12,15H2,1-6H3,(H,30,33);3H2,1-2H3/b;9-7+,16-8+;/t19-,23?;17-,21?,22-,25+,27+,28+;/m01./s1. The summed E-state index contributed by atoms with van der Waals surface area (Å²) in [6, 6.07) is 8.66. The molecule has 27 heteroatoms. The summed E-state index contributed by atoms with van der Waals surface area (Å²) in [6.45, 7) is 11.5. The number of hydrogen-bond acceptors (Lipinski definition) is 16. The van der Waals surface area contributed by atoms with Crippen LogP contribution in [0.4, 0.5) is 21.1 Å². The second kappa shape index (κ2) is 33.4. The van der Waals surface area contributed by atoms with Crippen LogP contribution >= 0.6 is 11.6 Å². The Balaban J connectivity index is 0.000000322. The number of pyridine rings is 1. The third-order valence-electron chi connectivity index (χ3n) is 15.5. The number of unbranched alkanes of at least 4 members (excludes halogenated alkanes) is 2. The third kappa shape index (κ3) is 20.3. The van der Waals surface area contributed by atoms with Gasteiger partial charge in [0.05, 0.1) is 36.6 Å². The molecule has 2 saturated heterocycles. The minimum Gasteiger partial charge on any atom is -0.495 e. The molecule has 26 nitrogen and oxygen atoms in total. The lowest BCUT2D eigenvalue weighted by Crippen LogP contribution is -2.63. The van der Waals surface area contributed by atoms with Gasteiger partial charge in [-0.2, -0.15) is 0 Å². The fourth-order valence-corrected chi connectivity index (χ4v) is 10.5. The molecule has 2 unspecified atom stereocenters. The number of carboxylic acids is 1. The van der Waals surface area contributed by atoms with Crippen LogP contribution in [0, 0.1) is 5.92 Å². The maximum Gasteiger partial charge on any atom is 0.409 e. The lowest BCUT2D eigenvalue weighted by Gasteiger charge is -2.42. The highest BCUT2D eigenvalue weighted by molar-refractivity contribution is 6.35. The Labute approximate surface area is 528 Å². The van der Waals surface area contributed by atoms with Gasteiger partial charge in [0.15, 0.2) is 5.72 Å². The molecule has 10 amide bonds. The van der Waals surface area contributed by atoms with Crippen molar-refractivity contribution < 1.29 is 77.1 Å². The van der Waals surface area contributed by atoms with E-state index >= 15 is 0 Å². The molecule has 8 atom stereocenters. The fourth-order valence-electron chi connectivity index (χ4n) is 10.2. The summed E-state index contributed by atoms with van der Waals surface area (Å²) in [5.41, 5.74) is 6.09. The number of carbonyl (C=O) groups is 10. The van der Waals surface area contributed by atoms with E-state index in [0.29, 0.717) is 59.5 Å². The average Bonchev–Trinajstić information content (AvgIpc) is 1.60. The summed E-state index contributed by atoms with van der Waals surface area (Å²) >= 11 is 6.61. The molecule has 5 heterocycles. The molecule has 0 radical (unpaired) electrons. The number of halogens is 1. The molecule has 490 valence electrons. The molecule has 90 heavy (non-hydrogen) atoms. The number of anilines is 2. The molecular formula is C63H85ClN10O16.